The molecule has 0 aliphatic rings. The summed E-state index contributed by atoms with van der Waals surface area (Å²) in [6, 6.07) is 5.54. The highest BCUT2D eigenvalue weighted by Crippen LogP contribution is 2.09. The first-order chi connectivity index (χ1) is 8.40. The van der Waals surface area contributed by atoms with E-state index < -0.39 is 16.6 Å². The normalized spacial score (nSPS) is 14.3. The van der Waals surface area contributed by atoms with Crippen LogP contribution in [0.5, 0.6) is 0 Å². The molecule has 0 aliphatic carbocycles. The minimum atomic E-state index is -1.51. The number of carbonyl (C=O) groups is 1. The van der Waals surface area contributed by atoms with Crippen molar-refractivity contribution in [3.63, 3.8) is 0 Å². The van der Waals surface area contributed by atoms with Gasteiger partial charge in [-0.05, 0) is 31.0 Å². The van der Waals surface area contributed by atoms with Crippen LogP contribution in [0.15, 0.2) is 29.2 Å². The van der Waals surface area contributed by atoms with Crippen LogP contribution in [-0.4, -0.2) is 21.9 Å². The van der Waals surface area contributed by atoms with Gasteiger partial charge in [-0.1, -0.05) is 19.9 Å². The average molecular weight is 271 g/mol. The summed E-state index contributed by atoms with van der Waals surface area (Å²) in [5.74, 6) is -0.548. The summed E-state index contributed by atoms with van der Waals surface area (Å²) < 4.78 is 24.8. The van der Waals surface area contributed by atoms with Gasteiger partial charge in [0.2, 0.25) is 5.91 Å². The summed E-state index contributed by atoms with van der Waals surface area (Å²) in [5, 5.41) is 2.77. The molecular weight excluding hydrogens is 253 g/mol. The Balaban J connectivity index is 2.57. The van der Waals surface area contributed by atoms with Crippen LogP contribution in [0.1, 0.15) is 20.8 Å². The van der Waals surface area contributed by atoms with Crippen LogP contribution in [0.25, 0.3) is 0 Å². The zero-order valence-corrected chi connectivity index (χ0v) is 11.6. The molecule has 0 saturated carbocycles. The van der Waals surface area contributed by atoms with Gasteiger partial charge in [0.1, 0.15) is 11.6 Å². The first kappa shape index (κ1) is 14.8. The number of amides is 1. The number of hydrogen-bond donors (Lipinski definition) is 1. The molecule has 0 saturated heterocycles. The molecule has 2 unspecified atom stereocenters. The standard InChI is InChI=1S/C13H18FNO2S/c1-9(2)10(3)15-13(16)8-18(17)12-6-4-5-11(14)7-12/h4-7,9-10H,8H2,1-3H3,(H,15,16). The van der Waals surface area contributed by atoms with E-state index in [0.29, 0.717) is 10.8 Å². The molecule has 0 radical (unpaired) electrons. The molecule has 18 heavy (non-hydrogen) atoms. The third-order valence-corrected chi connectivity index (χ3v) is 4.01. The molecule has 0 bridgehead atoms. The largest absolute Gasteiger partial charge is 0.353 e. The van der Waals surface area contributed by atoms with Crippen LogP contribution < -0.4 is 5.32 Å². The Bertz CT molecular complexity index is 448. The molecule has 0 heterocycles. The van der Waals surface area contributed by atoms with E-state index in [9.17, 15) is 13.4 Å². The van der Waals surface area contributed by atoms with Crippen molar-refractivity contribution < 1.29 is 13.4 Å². The predicted molar refractivity (Wildman–Crippen MR) is 70.1 cm³/mol. The van der Waals surface area contributed by atoms with Gasteiger partial charge >= 0.3 is 0 Å². The lowest BCUT2D eigenvalue weighted by molar-refractivity contribution is -0.119. The molecule has 1 aromatic rings. The van der Waals surface area contributed by atoms with E-state index in [-0.39, 0.29) is 17.7 Å². The molecule has 1 N–H and O–H groups in total. The van der Waals surface area contributed by atoms with Gasteiger partial charge in [-0.25, -0.2) is 4.39 Å². The van der Waals surface area contributed by atoms with Crippen molar-refractivity contribution in [1.82, 2.24) is 5.32 Å². The maximum atomic E-state index is 12.9. The van der Waals surface area contributed by atoms with Crippen LogP contribution in [-0.2, 0) is 15.6 Å². The van der Waals surface area contributed by atoms with Crippen molar-refractivity contribution in [2.75, 3.05) is 5.75 Å². The highest BCUT2D eigenvalue weighted by atomic mass is 32.2. The number of nitrogens with one attached hydrogen (secondary N) is 1. The minimum absolute atomic E-state index is 0.0296. The highest BCUT2D eigenvalue weighted by Gasteiger charge is 2.14. The molecule has 3 nitrogen and oxygen atoms in total. The Morgan fingerprint density at radius 3 is 2.61 bits per heavy atom. The Morgan fingerprint density at radius 2 is 2.06 bits per heavy atom. The SMILES string of the molecule is CC(C)C(C)NC(=O)CS(=O)c1cccc(F)c1. The summed E-state index contributed by atoms with van der Waals surface area (Å²) in [4.78, 5) is 12.0. The lowest BCUT2D eigenvalue weighted by atomic mass is 10.1. The predicted octanol–water partition coefficient (Wildman–Crippen LogP) is 2.09. The van der Waals surface area contributed by atoms with Gasteiger partial charge in [-0.3, -0.25) is 9.00 Å². The van der Waals surface area contributed by atoms with E-state index in [0.717, 1.165) is 0 Å². The summed E-state index contributed by atoms with van der Waals surface area (Å²) in [6.45, 7) is 5.89. The lowest BCUT2D eigenvalue weighted by Crippen LogP contribution is -2.38. The summed E-state index contributed by atoms with van der Waals surface area (Å²) in [5.41, 5.74) is 0. The fourth-order valence-corrected chi connectivity index (χ4v) is 2.24. The second-order valence-electron chi connectivity index (χ2n) is 4.55. The third kappa shape index (κ3) is 4.56. The number of rotatable bonds is 5. The Labute approximate surface area is 109 Å². The molecule has 100 valence electrons. The van der Waals surface area contributed by atoms with Crippen molar-refractivity contribution >= 4 is 16.7 Å². The zero-order chi connectivity index (χ0) is 13.7. The molecule has 5 heteroatoms. The summed E-state index contributed by atoms with van der Waals surface area (Å²) in [6.07, 6.45) is 0. The zero-order valence-electron chi connectivity index (χ0n) is 10.8. The quantitative estimate of drug-likeness (QED) is 0.891. The van der Waals surface area contributed by atoms with Crippen molar-refractivity contribution in [3.8, 4) is 0 Å². The fourth-order valence-electron chi connectivity index (χ4n) is 1.27. The molecule has 0 aromatic heterocycles. The first-order valence-electron chi connectivity index (χ1n) is 5.83. The number of halogens is 1. The molecule has 1 rings (SSSR count). The number of carbonyl (C=O) groups excluding carboxylic acids is 1. The van der Waals surface area contributed by atoms with Gasteiger partial charge in [0.05, 0.1) is 10.8 Å². The van der Waals surface area contributed by atoms with Crippen molar-refractivity contribution in [1.29, 1.82) is 0 Å². The van der Waals surface area contributed by atoms with Crippen molar-refractivity contribution in [2.45, 2.75) is 31.7 Å². The smallest absolute Gasteiger partial charge is 0.233 e. The van der Waals surface area contributed by atoms with E-state index in [1.807, 2.05) is 20.8 Å². The molecule has 0 aliphatic heterocycles. The van der Waals surface area contributed by atoms with Gasteiger partial charge < -0.3 is 5.32 Å². The van der Waals surface area contributed by atoms with E-state index in [1.165, 1.54) is 18.2 Å². The number of benzene rings is 1. The van der Waals surface area contributed by atoms with E-state index >= 15 is 0 Å². The van der Waals surface area contributed by atoms with Crippen LogP contribution in [0.2, 0.25) is 0 Å². The Morgan fingerprint density at radius 1 is 1.39 bits per heavy atom. The number of hydrogen-bond acceptors (Lipinski definition) is 2. The van der Waals surface area contributed by atoms with Gasteiger partial charge in [0, 0.05) is 10.9 Å². The van der Waals surface area contributed by atoms with E-state index in [1.54, 1.807) is 6.07 Å². The first-order valence-corrected chi connectivity index (χ1v) is 7.15. The van der Waals surface area contributed by atoms with Crippen LogP contribution in [0.3, 0.4) is 0 Å². The second kappa shape index (κ2) is 6.64. The monoisotopic (exact) mass is 271 g/mol. The Kier molecular flexibility index (Phi) is 5.47. The fraction of sp³-hybridized carbons (Fsp3) is 0.462. The molecule has 1 amide bonds. The van der Waals surface area contributed by atoms with Crippen LogP contribution in [0, 0.1) is 11.7 Å². The van der Waals surface area contributed by atoms with Crippen molar-refractivity contribution in [2.24, 2.45) is 5.92 Å². The molecule has 1 aromatic carbocycles. The minimum Gasteiger partial charge on any atom is -0.353 e. The van der Waals surface area contributed by atoms with Crippen LogP contribution in [0.4, 0.5) is 4.39 Å². The lowest BCUT2D eigenvalue weighted by Gasteiger charge is -2.17. The summed E-state index contributed by atoms with van der Waals surface area (Å²) >= 11 is 0. The maximum absolute atomic E-state index is 12.9. The Hall–Kier alpha value is -1.23. The maximum Gasteiger partial charge on any atom is 0.233 e. The third-order valence-electron chi connectivity index (χ3n) is 2.71. The van der Waals surface area contributed by atoms with Crippen molar-refractivity contribution in [3.05, 3.63) is 30.1 Å². The van der Waals surface area contributed by atoms with E-state index in [2.05, 4.69) is 5.32 Å². The summed E-state index contributed by atoms with van der Waals surface area (Å²) in [7, 11) is -1.51. The molecule has 2 atom stereocenters. The van der Waals surface area contributed by atoms with Crippen LogP contribution >= 0.6 is 0 Å². The van der Waals surface area contributed by atoms with Gasteiger partial charge in [0.15, 0.2) is 0 Å². The van der Waals surface area contributed by atoms with Gasteiger partial charge in [0.25, 0.3) is 0 Å². The van der Waals surface area contributed by atoms with Gasteiger partial charge in [-0.2, -0.15) is 0 Å². The average Bonchev–Trinajstić information content (AvgIpc) is 2.28. The molecule has 0 spiro atoms. The topological polar surface area (TPSA) is 46.2 Å². The molecule has 0 fully saturated rings. The van der Waals surface area contributed by atoms with Gasteiger partial charge in [-0.15, -0.1) is 0 Å². The molecular formula is C13H18FNO2S. The van der Waals surface area contributed by atoms with E-state index in [4.69, 9.17) is 0 Å². The second-order valence-corrected chi connectivity index (χ2v) is 6.00. The highest BCUT2D eigenvalue weighted by molar-refractivity contribution is 7.85.